The van der Waals surface area contributed by atoms with E-state index < -0.39 is 10.0 Å². The minimum atomic E-state index is -3.40. The second-order valence-electron chi connectivity index (χ2n) is 5.71. The normalized spacial score (nSPS) is 16.1. The first-order valence-electron chi connectivity index (χ1n) is 7.95. The van der Waals surface area contributed by atoms with Crippen molar-refractivity contribution in [3.05, 3.63) is 71.8 Å². The van der Waals surface area contributed by atoms with Crippen molar-refractivity contribution in [2.45, 2.75) is 24.7 Å². The lowest BCUT2D eigenvalue weighted by Crippen LogP contribution is -2.34. The summed E-state index contributed by atoms with van der Waals surface area (Å²) < 4.78 is 27.0. The van der Waals surface area contributed by atoms with Gasteiger partial charge in [0.25, 0.3) is 0 Å². The van der Waals surface area contributed by atoms with E-state index in [2.05, 4.69) is 19.1 Å². The van der Waals surface area contributed by atoms with Gasteiger partial charge < -0.3 is 0 Å². The van der Waals surface area contributed by atoms with E-state index in [1.165, 1.54) is 11.1 Å². The second-order valence-corrected chi connectivity index (χ2v) is 7.64. The summed E-state index contributed by atoms with van der Waals surface area (Å²) >= 11 is 0. The van der Waals surface area contributed by atoms with Crippen LogP contribution in [0.2, 0.25) is 0 Å². The Hall–Kier alpha value is -1.91. The highest BCUT2D eigenvalue weighted by Gasteiger charge is 2.26. The van der Waals surface area contributed by atoms with Gasteiger partial charge in [-0.3, -0.25) is 0 Å². The SMILES string of the molecule is CCc1ccc(S(=O)(=O)N2CC=C(c3ccccc3)CC2)cc1. The fraction of sp³-hybridized carbons (Fsp3) is 0.263. The molecular formula is C19H21NO2S. The highest BCUT2D eigenvalue weighted by Crippen LogP contribution is 2.26. The molecule has 0 radical (unpaired) electrons. The van der Waals surface area contributed by atoms with Crippen molar-refractivity contribution in [1.29, 1.82) is 0 Å². The molecule has 4 heteroatoms. The molecule has 0 spiro atoms. The molecule has 1 heterocycles. The molecule has 0 saturated carbocycles. The largest absolute Gasteiger partial charge is 0.243 e. The third kappa shape index (κ3) is 3.38. The molecule has 120 valence electrons. The standard InChI is InChI=1S/C19H21NO2S/c1-2-16-8-10-19(11-9-16)23(21,22)20-14-12-18(13-15-20)17-6-4-3-5-7-17/h3-12H,2,13-15H2,1H3. The van der Waals surface area contributed by atoms with Gasteiger partial charge in [-0.05, 0) is 41.7 Å². The third-order valence-electron chi connectivity index (χ3n) is 4.29. The van der Waals surface area contributed by atoms with E-state index >= 15 is 0 Å². The van der Waals surface area contributed by atoms with Gasteiger partial charge in [0.2, 0.25) is 10.0 Å². The number of hydrogen-bond acceptors (Lipinski definition) is 2. The van der Waals surface area contributed by atoms with Crippen molar-refractivity contribution in [2.75, 3.05) is 13.1 Å². The molecule has 3 nitrogen and oxygen atoms in total. The van der Waals surface area contributed by atoms with E-state index in [-0.39, 0.29) is 0 Å². The number of hydrogen-bond donors (Lipinski definition) is 0. The zero-order valence-electron chi connectivity index (χ0n) is 13.3. The molecule has 0 amide bonds. The molecule has 0 fully saturated rings. The summed E-state index contributed by atoms with van der Waals surface area (Å²) in [4.78, 5) is 0.381. The van der Waals surface area contributed by atoms with E-state index in [1.54, 1.807) is 16.4 Å². The predicted octanol–water partition coefficient (Wildman–Crippen LogP) is 3.73. The van der Waals surface area contributed by atoms with Crippen LogP contribution in [0.5, 0.6) is 0 Å². The van der Waals surface area contributed by atoms with Crippen LogP contribution in [0.15, 0.2) is 65.6 Å². The number of rotatable bonds is 4. The number of aryl methyl sites for hydroxylation is 1. The Morgan fingerprint density at radius 1 is 1.00 bits per heavy atom. The molecule has 0 aromatic heterocycles. The minimum absolute atomic E-state index is 0.381. The summed E-state index contributed by atoms with van der Waals surface area (Å²) in [6.45, 7) is 3.02. The Labute approximate surface area is 138 Å². The minimum Gasteiger partial charge on any atom is -0.207 e. The van der Waals surface area contributed by atoms with E-state index in [1.807, 2.05) is 36.4 Å². The van der Waals surface area contributed by atoms with Crippen LogP contribution < -0.4 is 0 Å². The Bertz CT molecular complexity index is 793. The van der Waals surface area contributed by atoms with Crippen molar-refractivity contribution in [3.63, 3.8) is 0 Å². The predicted molar refractivity (Wildman–Crippen MR) is 93.6 cm³/mol. The van der Waals surface area contributed by atoms with Crippen LogP contribution in [0.1, 0.15) is 24.5 Å². The molecular weight excluding hydrogens is 306 g/mol. The molecule has 0 bridgehead atoms. The summed E-state index contributed by atoms with van der Waals surface area (Å²) in [6.07, 6.45) is 3.68. The van der Waals surface area contributed by atoms with Crippen molar-refractivity contribution in [1.82, 2.24) is 4.31 Å². The van der Waals surface area contributed by atoms with Gasteiger partial charge in [-0.15, -0.1) is 0 Å². The molecule has 0 saturated heterocycles. The van der Waals surface area contributed by atoms with Gasteiger partial charge in [0.05, 0.1) is 4.90 Å². The van der Waals surface area contributed by atoms with Gasteiger partial charge in [-0.1, -0.05) is 55.5 Å². The molecule has 3 rings (SSSR count). The first kappa shape index (κ1) is 16.0. The number of benzene rings is 2. The van der Waals surface area contributed by atoms with Gasteiger partial charge in [0.1, 0.15) is 0 Å². The summed E-state index contributed by atoms with van der Waals surface area (Å²) in [5.74, 6) is 0. The first-order valence-corrected chi connectivity index (χ1v) is 9.39. The van der Waals surface area contributed by atoms with Gasteiger partial charge in [0.15, 0.2) is 0 Å². The van der Waals surface area contributed by atoms with Crippen molar-refractivity contribution < 1.29 is 8.42 Å². The maximum absolute atomic E-state index is 12.7. The molecule has 2 aromatic rings. The molecule has 1 aliphatic heterocycles. The van der Waals surface area contributed by atoms with Crippen LogP contribution in [0.4, 0.5) is 0 Å². The quantitative estimate of drug-likeness (QED) is 0.858. The first-order chi connectivity index (χ1) is 11.1. The average molecular weight is 327 g/mol. The second kappa shape index (κ2) is 6.69. The Morgan fingerprint density at radius 2 is 1.70 bits per heavy atom. The van der Waals surface area contributed by atoms with E-state index in [0.717, 1.165) is 18.4 Å². The van der Waals surface area contributed by atoms with Crippen LogP contribution in [0, 0.1) is 0 Å². The zero-order chi connectivity index (χ0) is 16.3. The third-order valence-corrected chi connectivity index (χ3v) is 6.17. The van der Waals surface area contributed by atoms with Gasteiger partial charge >= 0.3 is 0 Å². The average Bonchev–Trinajstić information content (AvgIpc) is 2.62. The molecule has 0 unspecified atom stereocenters. The van der Waals surface area contributed by atoms with Gasteiger partial charge in [0, 0.05) is 13.1 Å². The van der Waals surface area contributed by atoms with Gasteiger partial charge in [-0.2, -0.15) is 4.31 Å². The highest BCUT2D eigenvalue weighted by atomic mass is 32.2. The fourth-order valence-corrected chi connectivity index (χ4v) is 4.21. The van der Waals surface area contributed by atoms with E-state index in [4.69, 9.17) is 0 Å². The summed E-state index contributed by atoms with van der Waals surface area (Å²) in [5, 5.41) is 0. The number of nitrogens with zero attached hydrogens (tertiary/aromatic N) is 1. The maximum Gasteiger partial charge on any atom is 0.243 e. The van der Waals surface area contributed by atoms with Gasteiger partial charge in [-0.25, -0.2) is 8.42 Å². The molecule has 0 atom stereocenters. The fourth-order valence-electron chi connectivity index (χ4n) is 2.83. The van der Waals surface area contributed by atoms with E-state index in [0.29, 0.717) is 18.0 Å². The molecule has 1 aliphatic rings. The number of sulfonamides is 1. The van der Waals surface area contributed by atoms with Crippen molar-refractivity contribution in [2.24, 2.45) is 0 Å². The summed E-state index contributed by atoms with van der Waals surface area (Å²) in [7, 11) is -3.40. The van der Waals surface area contributed by atoms with Crippen LogP contribution in [-0.4, -0.2) is 25.8 Å². The molecule has 0 aliphatic carbocycles. The lowest BCUT2D eigenvalue weighted by atomic mass is 10.0. The molecule has 23 heavy (non-hydrogen) atoms. The summed E-state index contributed by atoms with van der Waals surface area (Å²) in [5.41, 5.74) is 3.55. The molecule has 0 N–H and O–H groups in total. The highest BCUT2D eigenvalue weighted by molar-refractivity contribution is 7.89. The smallest absolute Gasteiger partial charge is 0.207 e. The van der Waals surface area contributed by atoms with E-state index in [9.17, 15) is 8.42 Å². The summed E-state index contributed by atoms with van der Waals surface area (Å²) in [6, 6.07) is 17.4. The lowest BCUT2D eigenvalue weighted by Gasteiger charge is -2.26. The zero-order valence-corrected chi connectivity index (χ0v) is 14.1. The van der Waals surface area contributed by atoms with Crippen LogP contribution >= 0.6 is 0 Å². The Balaban J connectivity index is 1.79. The van der Waals surface area contributed by atoms with Crippen molar-refractivity contribution in [3.8, 4) is 0 Å². The van der Waals surface area contributed by atoms with Crippen LogP contribution in [0.25, 0.3) is 5.57 Å². The van der Waals surface area contributed by atoms with Crippen LogP contribution in [-0.2, 0) is 16.4 Å². The lowest BCUT2D eigenvalue weighted by molar-refractivity contribution is 0.441. The van der Waals surface area contributed by atoms with Crippen LogP contribution in [0.3, 0.4) is 0 Å². The Kier molecular flexibility index (Phi) is 4.64. The topological polar surface area (TPSA) is 37.4 Å². The van der Waals surface area contributed by atoms with Crippen molar-refractivity contribution >= 4 is 15.6 Å². The maximum atomic E-state index is 12.7. The Morgan fingerprint density at radius 3 is 2.26 bits per heavy atom. The molecule has 2 aromatic carbocycles. The monoisotopic (exact) mass is 327 g/mol.